The number of allylic oxidation sites excluding steroid dienone is 2. The second kappa shape index (κ2) is 12.1. The summed E-state index contributed by atoms with van der Waals surface area (Å²) >= 11 is 0. The van der Waals surface area contributed by atoms with Gasteiger partial charge in [-0.05, 0) is 145 Å². The molecule has 2 unspecified atom stereocenters. The molecule has 0 amide bonds. The summed E-state index contributed by atoms with van der Waals surface area (Å²) in [6.07, 6.45) is 7.58. The summed E-state index contributed by atoms with van der Waals surface area (Å²) < 4.78 is 0. The fourth-order valence-electron chi connectivity index (χ4n) is 10.7. The lowest BCUT2D eigenvalue weighted by Gasteiger charge is -2.39. The Morgan fingerprint density at radius 1 is 0.473 bits per heavy atom. The van der Waals surface area contributed by atoms with Crippen molar-refractivity contribution in [1.29, 1.82) is 0 Å². The van der Waals surface area contributed by atoms with E-state index in [4.69, 9.17) is 4.99 Å². The van der Waals surface area contributed by atoms with Crippen molar-refractivity contribution < 1.29 is 0 Å². The van der Waals surface area contributed by atoms with Gasteiger partial charge < -0.3 is 0 Å². The second-order valence-electron chi connectivity index (χ2n) is 15.9. The first-order valence-electron chi connectivity index (χ1n) is 20.0. The summed E-state index contributed by atoms with van der Waals surface area (Å²) in [7, 11) is 0. The number of aliphatic imine (C=N–C) groups is 1. The molecule has 2 atom stereocenters. The monoisotopic (exact) mass is 701 g/mol. The van der Waals surface area contributed by atoms with Gasteiger partial charge in [-0.15, -0.1) is 0 Å². The average molecular weight is 702 g/mol. The summed E-state index contributed by atoms with van der Waals surface area (Å²) in [6, 6.07) is 59.4. The zero-order valence-corrected chi connectivity index (χ0v) is 30.7. The van der Waals surface area contributed by atoms with E-state index in [0.29, 0.717) is 5.92 Å². The van der Waals surface area contributed by atoms with Gasteiger partial charge in [0.2, 0.25) is 0 Å². The molecule has 0 saturated heterocycles. The molecule has 3 aliphatic carbocycles. The van der Waals surface area contributed by atoms with Crippen LogP contribution in [0.4, 0.5) is 5.69 Å². The lowest BCUT2D eigenvalue weighted by atomic mass is 9.64. The molecular formula is C54H39N. The molecule has 0 N–H and O–H groups in total. The van der Waals surface area contributed by atoms with Crippen LogP contribution in [0.1, 0.15) is 70.0 Å². The van der Waals surface area contributed by atoms with Crippen LogP contribution >= 0.6 is 0 Å². The molecule has 8 aromatic rings. The SMILES string of the molecule is C1=C(/C2CCc3ccccc3-c3cc4c5c(c32)-c2ccccc2C(C5)c2cc3ccccc3cc2-4)c2ccccc2/N=C(/c2cccc3ccccc23)CC/1. The Hall–Kier alpha value is -6.31. The number of fused-ring (bicyclic) bond motifs is 14. The second-order valence-corrected chi connectivity index (χ2v) is 15.9. The van der Waals surface area contributed by atoms with Crippen LogP contribution in [0.3, 0.4) is 0 Å². The fourth-order valence-corrected chi connectivity index (χ4v) is 10.7. The predicted octanol–water partition coefficient (Wildman–Crippen LogP) is 14.0. The maximum absolute atomic E-state index is 5.57. The van der Waals surface area contributed by atoms with Gasteiger partial charge in [0.15, 0.2) is 0 Å². The highest BCUT2D eigenvalue weighted by Crippen LogP contribution is 2.59. The Kier molecular flexibility index (Phi) is 6.84. The quantitative estimate of drug-likeness (QED) is 0.170. The van der Waals surface area contributed by atoms with Gasteiger partial charge in [-0.2, -0.15) is 0 Å². The van der Waals surface area contributed by atoms with E-state index < -0.39 is 0 Å². The highest BCUT2D eigenvalue weighted by Gasteiger charge is 2.39. The molecule has 0 radical (unpaired) electrons. The van der Waals surface area contributed by atoms with Crippen LogP contribution < -0.4 is 0 Å². The lowest BCUT2D eigenvalue weighted by Crippen LogP contribution is -2.21. The molecule has 1 aliphatic heterocycles. The van der Waals surface area contributed by atoms with Gasteiger partial charge in [0.1, 0.15) is 0 Å². The molecule has 8 aromatic carbocycles. The number of aryl methyl sites for hydroxylation is 1. The van der Waals surface area contributed by atoms with E-state index in [9.17, 15) is 0 Å². The largest absolute Gasteiger partial charge is 0.252 e. The highest BCUT2D eigenvalue weighted by atomic mass is 14.8. The summed E-state index contributed by atoms with van der Waals surface area (Å²) in [5, 5.41) is 5.18. The molecule has 1 heterocycles. The standard InChI is InChI=1S/C54H39N/c1-2-16-36-30-46-45(29-35(36)15-1)47-31-50-48(46)32-49-38-19-6-4-14-34(38)27-28-44(54(49)53(50)43-22-8-7-20-40(43)47)39-23-12-26-52(55-51-25-10-9-21-42(39)51)41-24-11-17-33-13-3-5-18-37(33)41/h1-11,13-25,29-30,32,44,47H,12,26-28,31H2/b39-23+,55-52+. The maximum Gasteiger partial charge on any atom is 0.0708 e. The summed E-state index contributed by atoms with van der Waals surface area (Å²) in [6.45, 7) is 0. The van der Waals surface area contributed by atoms with Crippen LogP contribution in [0.25, 0.3) is 60.5 Å². The van der Waals surface area contributed by atoms with Crippen molar-refractivity contribution in [3.05, 3.63) is 203 Å². The summed E-state index contributed by atoms with van der Waals surface area (Å²) in [4.78, 5) is 5.57. The Bertz CT molecular complexity index is 2970. The van der Waals surface area contributed by atoms with Gasteiger partial charge in [0.25, 0.3) is 0 Å². The third-order valence-corrected chi connectivity index (χ3v) is 13.1. The molecule has 1 nitrogen and oxygen atoms in total. The first-order chi connectivity index (χ1) is 27.3. The number of para-hydroxylation sites is 1. The van der Waals surface area contributed by atoms with Gasteiger partial charge in [0, 0.05) is 28.7 Å². The van der Waals surface area contributed by atoms with E-state index in [1.165, 1.54) is 105 Å². The number of benzene rings is 8. The van der Waals surface area contributed by atoms with E-state index in [1.807, 2.05) is 0 Å². The topological polar surface area (TPSA) is 12.4 Å². The summed E-state index contributed by atoms with van der Waals surface area (Å²) in [5.74, 6) is 0.578. The molecule has 1 heteroatoms. The Labute approximate surface area is 322 Å². The molecule has 0 aromatic heterocycles. The highest BCUT2D eigenvalue weighted by molar-refractivity contribution is 6.12. The van der Waals surface area contributed by atoms with E-state index in [-0.39, 0.29) is 5.92 Å². The average Bonchev–Trinajstić information content (AvgIpc) is 3.39. The van der Waals surface area contributed by atoms with Gasteiger partial charge in [-0.1, -0.05) is 140 Å². The minimum absolute atomic E-state index is 0.223. The van der Waals surface area contributed by atoms with Crippen molar-refractivity contribution in [2.24, 2.45) is 4.99 Å². The number of rotatable bonds is 2. The van der Waals surface area contributed by atoms with Crippen molar-refractivity contribution in [2.45, 2.75) is 43.9 Å². The Morgan fingerprint density at radius 3 is 2.09 bits per heavy atom. The van der Waals surface area contributed by atoms with E-state index >= 15 is 0 Å². The fraction of sp³-hybridized carbons (Fsp3) is 0.130. The smallest absolute Gasteiger partial charge is 0.0708 e. The minimum Gasteiger partial charge on any atom is -0.252 e. The number of hydrogen-bond acceptors (Lipinski definition) is 1. The van der Waals surface area contributed by atoms with Gasteiger partial charge in [-0.25, -0.2) is 0 Å². The van der Waals surface area contributed by atoms with Crippen molar-refractivity contribution >= 4 is 38.5 Å². The first-order valence-corrected chi connectivity index (χ1v) is 20.0. The Balaban J connectivity index is 1.11. The van der Waals surface area contributed by atoms with E-state index in [2.05, 4.69) is 164 Å². The molecule has 0 saturated carbocycles. The molecular weight excluding hydrogens is 663 g/mol. The lowest BCUT2D eigenvalue weighted by molar-refractivity contribution is 0.747. The zero-order valence-electron chi connectivity index (χ0n) is 30.7. The molecule has 260 valence electrons. The summed E-state index contributed by atoms with van der Waals surface area (Å²) in [5.41, 5.74) is 22.2. The van der Waals surface area contributed by atoms with Gasteiger partial charge >= 0.3 is 0 Å². The zero-order chi connectivity index (χ0) is 36.0. The van der Waals surface area contributed by atoms with Crippen molar-refractivity contribution in [2.75, 3.05) is 0 Å². The minimum atomic E-state index is 0.223. The molecule has 0 spiro atoms. The number of nitrogens with zero attached hydrogens (tertiary/aromatic N) is 1. The molecule has 12 rings (SSSR count). The third-order valence-electron chi connectivity index (χ3n) is 13.1. The van der Waals surface area contributed by atoms with Crippen LogP contribution in [0.15, 0.2) is 169 Å². The van der Waals surface area contributed by atoms with E-state index in [0.717, 1.165) is 37.8 Å². The molecule has 2 bridgehead atoms. The molecule has 55 heavy (non-hydrogen) atoms. The third kappa shape index (κ3) is 4.69. The Morgan fingerprint density at radius 2 is 1.18 bits per heavy atom. The van der Waals surface area contributed by atoms with Crippen LogP contribution in [0, 0.1) is 0 Å². The maximum atomic E-state index is 5.57. The molecule has 4 aliphatic rings. The normalized spacial score (nSPS) is 19.6. The van der Waals surface area contributed by atoms with Crippen LogP contribution in [0.5, 0.6) is 0 Å². The van der Waals surface area contributed by atoms with Crippen molar-refractivity contribution in [3.63, 3.8) is 0 Å². The predicted molar refractivity (Wildman–Crippen MR) is 231 cm³/mol. The first kappa shape index (κ1) is 31.1. The van der Waals surface area contributed by atoms with Gasteiger partial charge in [-0.3, -0.25) is 4.99 Å². The van der Waals surface area contributed by atoms with E-state index in [1.54, 1.807) is 0 Å². The molecule has 0 fully saturated rings. The van der Waals surface area contributed by atoms with Crippen LogP contribution in [0.2, 0.25) is 0 Å². The number of hydrogen-bond donors (Lipinski definition) is 0. The van der Waals surface area contributed by atoms with Crippen molar-refractivity contribution in [3.8, 4) is 33.4 Å². The van der Waals surface area contributed by atoms with Crippen molar-refractivity contribution in [1.82, 2.24) is 0 Å². The van der Waals surface area contributed by atoms with Gasteiger partial charge in [0.05, 0.1) is 5.69 Å². The van der Waals surface area contributed by atoms with Crippen LogP contribution in [-0.2, 0) is 12.8 Å². The van der Waals surface area contributed by atoms with Crippen LogP contribution in [-0.4, -0.2) is 5.71 Å².